The number of rotatable bonds is 6. The Labute approximate surface area is 165 Å². The summed E-state index contributed by atoms with van der Waals surface area (Å²) in [6, 6.07) is 4.12. The molecule has 2 fully saturated rings. The van der Waals surface area contributed by atoms with E-state index >= 15 is 0 Å². The number of anilines is 1. The molecule has 28 heavy (non-hydrogen) atoms. The van der Waals surface area contributed by atoms with Crippen molar-refractivity contribution in [3.05, 3.63) is 39.7 Å². The van der Waals surface area contributed by atoms with Crippen LogP contribution in [0.2, 0.25) is 0 Å². The molecule has 1 atom stereocenters. The first-order chi connectivity index (χ1) is 13.3. The summed E-state index contributed by atoms with van der Waals surface area (Å²) in [6.07, 6.45) is 4.75. The van der Waals surface area contributed by atoms with Gasteiger partial charge in [-0.15, -0.1) is 0 Å². The van der Waals surface area contributed by atoms with E-state index in [0.29, 0.717) is 11.4 Å². The minimum atomic E-state index is -1.15. The van der Waals surface area contributed by atoms with Crippen molar-refractivity contribution in [2.45, 2.75) is 46.1 Å². The topological polar surface area (TPSA) is 74.6 Å². The lowest BCUT2D eigenvalue weighted by molar-refractivity contribution is 0.0695. The molecule has 0 radical (unpaired) electrons. The summed E-state index contributed by atoms with van der Waals surface area (Å²) in [4.78, 5) is 26.7. The number of hydrogen-bond acceptors (Lipinski definition) is 4. The Bertz CT molecular complexity index is 993. The number of pyridine rings is 1. The van der Waals surface area contributed by atoms with Crippen molar-refractivity contribution in [2.24, 2.45) is 5.41 Å². The zero-order valence-corrected chi connectivity index (χ0v) is 16.9. The summed E-state index contributed by atoms with van der Waals surface area (Å²) in [6.45, 7) is 10.5. The van der Waals surface area contributed by atoms with E-state index in [1.807, 2.05) is 16.7 Å². The highest BCUT2D eigenvalue weighted by atomic mass is 16.4. The highest BCUT2D eigenvalue weighted by Crippen LogP contribution is 2.40. The second-order valence-electron chi connectivity index (χ2n) is 8.68. The predicted octanol–water partition coefficient (Wildman–Crippen LogP) is 3.17. The highest BCUT2D eigenvalue weighted by molar-refractivity contribution is 5.95. The van der Waals surface area contributed by atoms with Gasteiger partial charge < -0.3 is 19.9 Å². The number of aryl methyl sites for hydroxylation is 1. The predicted molar refractivity (Wildman–Crippen MR) is 112 cm³/mol. The second-order valence-corrected chi connectivity index (χ2v) is 8.68. The van der Waals surface area contributed by atoms with Crippen LogP contribution in [0.1, 0.15) is 55.1 Å². The molecule has 0 spiro atoms. The molecule has 2 N–H and O–H groups in total. The Balaban J connectivity index is 1.79. The average Bonchev–Trinajstić information content (AvgIpc) is 3.43. The third-order valence-corrected chi connectivity index (χ3v) is 6.29. The van der Waals surface area contributed by atoms with Gasteiger partial charge in [0.1, 0.15) is 5.56 Å². The summed E-state index contributed by atoms with van der Waals surface area (Å²) in [7, 11) is 0. The van der Waals surface area contributed by atoms with Gasteiger partial charge in [-0.05, 0) is 55.8 Å². The molecule has 1 aliphatic carbocycles. The first kappa shape index (κ1) is 19.0. The number of carboxylic acid groups (broad SMARTS) is 1. The fourth-order valence-electron chi connectivity index (χ4n) is 4.55. The minimum Gasteiger partial charge on any atom is -0.477 e. The van der Waals surface area contributed by atoms with E-state index in [0.717, 1.165) is 62.2 Å². The number of carboxylic acids is 1. The van der Waals surface area contributed by atoms with E-state index in [2.05, 4.69) is 31.0 Å². The van der Waals surface area contributed by atoms with Crippen LogP contribution in [0.3, 0.4) is 0 Å². The molecule has 6 heteroatoms. The van der Waals surface area contributed by atoms with Gasteiger partial charge in [0.05, 0.1) is 5.52 Å². The Morgan fingerprint density at radius 2 is 2.11 bits per heavy atom. The molecule has 1 saturated carbocycles. The number of aromatic nitrogens is 1. The lowest BCUT2D eigenvalue weighted by Gasteiger charge is -2.27. The van der Waals surface area contributed by atoms with Gasteiger partial charge in [-0.2, -0.15) is 0 Å². The van der Waals surface area contributed by atoms with Gasteiger partial charge in [0.15, 0.2) is 0 Å². The first-order valence-corrected chi connectivity index (χ1v) is 10.2. The third kappa shape index (κ3) is 3.20. The first-order valence-electron chi connectivity index (χ1n) is 10.2. The zero-order valence-electron chi connectivity index (χ0n) is 16.9. The van der Waals surface area contributed by atoms with E-state index < -0.39 is 5.97 Å². The van der Waals surface area contributed by atoms with Crippen LogP contribution in [-0.4, -0.2) is 41.8 Å². The van der Waals surface area contributed by atoms with Crippen molar-refractivity contribution in [3.63, 3.8) is 0 Å². The quantitative estimate of drug-likeness (QED) is 0.801. The van der Waals surface area contributed by atoms with Crippen molar-refractivity contribution in [3.8, 4) is 0 Å². The van der Waals surface area contributed by atoms with Crippen LogP contribution in [-0.2, 0) is 0 Å². The van der Waals surface area contributed by atoms with Gasteiger partial charge in [0.2, 0.25) is 5.43 Å². The van der Waals surface area contributed by atoms with Crippen LogP contribution in [0.4, 0.5) is 5.69 Å². The molecule has 4 rings (SSSR count). The monoisotopic (exact) mass is 383 g/mol. The minimum absolute atomic E-state index is 0.133. The van der Waals surface area contributed by atoms with E-state index in [9.17, 15) is 14.7 Å². The van der Waals surface area contributed by atoms with E-state index in [-0.39, 0.29) is 16.4 Å². The highest BCUT2D eigenvalue weighted by Gasteiger charge is 2.35. The Morgan fingerprint density at radius 1 is 1.36 bits per heavy atom. The van der Waals surface area contributed by atoms with Crippen LogP contribution in [0, 0.1) is 12.3 Å². The molecular weight excluding hydrogens is 354 g/mol. The van der Waals surface area contributed by atoms with Crippen molar-refractivity contribution < 1.29 is 9.90 Å². The van der Waals surface area contributed by atoms with Crippen LogP contribution in [0.15, 0.2) is 23.1 Å². The molecule has 2 aromatic rings. The molecule has 1 saturated heterocycles. The molecule has 0 bridgehead atoms. The molecular formula is C22H29N3O3. The smallest absolute Gasteiger partial charge is 0.341 e. The van der Waals surface area contributed by atoms with Gasteiger partial charge in [-0.3, -0.25) is 4.79 Å². The molecule has 2 heterocycles. The van der Waals surface area contributed by atoms with Crippen LogP contribution in [0.5, 0.6) is 0 Å². The largest absolute Gasteiger partial charge is 0.477 e. The fraction of sp³-hybridized carbons (Fsp3) is 0.545. The Kier molecular flexibility index (Phi) is 4.70. The number of fused-ring (bicyclic) bond motifs is 1. The van der Waals surface area contributed by atoms with Crippen LogP contribution in [0.25, 0.3) is 10.9 Å². The maximum Gasteiger partial charge on any atom is 0.341 e. The molecule has 1 unspecified atom stereocenters. The van der Waals surface area contributed by atoms with Crippen molar-refractivity contribution in [1.29, 1.82) is 0 Å². The molecule has 150 valence electrons. The number of nitrogens with one attached hydrogen (secondary N) is 1. The second kappa shape index (κ2) is 6.92. The zero-order chi connectivity index (χ0) is 20.1. The average molecular weight is 383 g/mol. The number of carbonyl (C=O) groups is 1. The van der Waals surface area contributed by atoms with Gasteiger partial charge >= 0.3 is 5.97 Å². The van der Waals surface area contributed by atoms with Gasteiger partial charge in [-0.1, -0.05) is 13.8 Å². The number of hydrogen-bond donors (Lipinski definition) is 2. The number of benzene rings is 1. The summed E-state index contributed by atoms with van der Waals surface area (Å²) < 4.78 is 2.03. The van der Waals surface area contributed by atoms with E-state index in [1.165, 1.54) is 0 Å². The lowest BCUT2D eigenvalue weighted by Crippen LogP contribution is -2.34. The van der Waals surface area contributed by atoms with Gasteiger partial charge in [-0.25, -0.2) is 4.79 Å². The summed E-state index contributed by atoms with van der Waals surface area (Å²) >= 11 is 0. The number of aromatic carboxylic acids is 1. The standard InChI is InChI=1S/C22H29N3O3/c1-4-23-12-22(3)9-10-24(13-22)18-8-7-16-19(14(18)2)25(15-5-6-15)11-17(20(16)26)21(27)28/h7-8,11,15,23H,4-6,9-10,12-13H2,1-3H3,(H,27,28). The number of nitrogens with zero attached hydrogens (tertiary/aromatic N) is 2. The summed E-state index contributed by atoms with van der Waals surface area (Å²) in [5.41, 5.74) is 2.85. The van der Waals surface area contributed by atoms with Crippen molar-refractivity contribution in [2.75, 3.05) is 31.1 Å². The van der Waals surface area contributed by atoms with E-state index in [1.54, 1.807) is 6.20 Å². The van der Waals surface area contributed by atoms with Crippen molar-refractivity contribution >= 4 is 22.6 Å². The van der Waals surface area contributed by atoms with Crippen LogP contribution >= 0.6 is 0 Å². The summed E-state index contributed by atoms with van der Waals surface area (Å²) in [5, 5.41) is 13.4. The lowest BCUT2D eigenvalue weighted by atomic mass is 9.90. The van der Waals surface area contributed by atoms with E-state index in [4.69, 9.17) is 0 Å². The maximum absolute atomic E-state index is 12.8. The molecule has 1 aliphatic heterocycles. The molecule has 2 aliphatic rings. The summed E-state index contributed by atoms with van der Waals surface area (Å²) in [5.74, 6) is -1.15. The fourth-order valence-corrected chi connectivity index (χ4v) is 4.55. The molecule has 1 aromatic carbocycles. The molecule has 6 nitrogen and oxygen atoms in total. The Morgan fingerprint density at radius 3 is 2.75 bits per heavy atom. The normalized spacial score (nSPS) is 22.2. The van der Waals surface area contributed by atoms with Gasteiger partial charge in [0.25, 0.3) is 0 Å². The molecule has 0 amide bonds. The van der Waals surface area contributed by atoms with Gasteiger partial charge in [0, 0.05) is 42.9 Å². The molecule has 1 aromatic heterocycles. The third-order valence-electron chi connectivity index (χ3n) is 6.29. The Hall–Kier alpha value is -2.34. The SMILES string of the molecule is CCNCC1(C)CCN(c2ccc3c(=O)c(C(=O)O)cn(C4CC4)c3c2C)C1. The maximum atomic E-state index is 12.8. The van der Waals surface area contributed by atoms with Crippen molar-refractivity contribution in [1.82, 2.24) is 9.88 Å². The van der Waals surface area contributed by atoms with Crippen LogP contribution < -0.4 is 15.6 Å².